The van der Waals surface area contributed by atoms with Gasteiger partial charge in [-0.1, -0.05) is 6.07 Å². The molecular weight excluding hydrogens is 247 g/mol. The summed E-state index contributed by atoms with van der Waals surface area (Å²) in [5.74, 6) is -1.22. The van der Waals surface area contributed by atoms with E-state index < -0.39 is 17.6 Å². The Hall–Kier alpha value is -1.72. The summed E-state index contributed by atoms with van der Waals surface area (Å²) < 4.78 is 38.0. The van der Waals surface area contributed by atoms with Gasteiger partial charge in [-0.15, -0.1) is 0 Å². The highest BCUT2D eigenvalue weighted by Crippen LogP contribution is 2.49. The third kappa shape index (κ3) is 2.14. The quantitative estimate of drug-likeness (QED) is 0.857. The lowest BCUT2D eigenvalue weighted by atomic mass is 10.1. The predicted octanol–water partition coefficient (Wildman–Crippen LogP) is 2.53. The van der Waals surface area contributed by atoms with Crippen LogP contribution in [0.3, 0.4) is 0 Å². The molecule has 3 nitrogen and oxygen atoms in total. The number of phenolic OH excluding ortho intramolecular Hbond substituents is 1. The minimum atomic E-state index is -4.46. The molecule has 0 atom stereocenters. The molecule has 1 amide bonds. The Bertz CT molecular complexity index is 493. The van der Waals surface area contributed by atoms with Crippen molar-refractivity contribution in [2.75, 3.05) is 0 Å². The number of alkyl halides is 3. The highest BCUT2D eigenvalue weighted by molar-refractivity contribution is 5.97. The minimum Gasteiger partial charge on any atom is -0.507 e. The van der Waals surface area contributed by atoms with Crippen molar-refractivity contribution in [1.29, 1.82) is 0 Å². The Morgan fingerprint density at radius 2 is 2.00 bits per heavy atom. The van der Waals surface area contributed by atoms with Crippen LogP contribution in [-0.4, -0.2) is 22.7 Å². The second-order valence-electron chi connectivity index (χ2n) is 4.55. The average molecular weight is 259 g/mol. The standard InChI is InChI=1S/C12H12F3NO2/c1-7-2-3-8(9(17)6-7)10(18)16-11(4-5-11)12(13,14)15/h2-3,6,17H,4-5H2,1H3,(H,16,18). The molecule has 6 heteroatoms. The Kier molecular flexibility index (Phi) is 2.76. The SMILES string of the molecule is Cc1ccc(C(=O)NC2(C(F)(F)F)CC2)c(O)c1. The molecule has 0 spiro atoms. The van der Waals surface area contributed by atoms with E-state index in [0.717, 1.165) is 5.56 Å². The van der Waals surface area contributed by atoms with Crippen molar-refractivity contribution < 1.29 is 23.1 Å². The number of hydrogen-bond acceptors (Lipinski definition) is 2. The number of carbonyl (C=O) groups is 1. The van der Waals surface area contributed by atoms with Gasteiger partial charge in [-0.05, 0) is 37.5 Å². The van der Waals surface area contributed by atoms with Crippen LogP contribution in [0.4, 0.5) is 13.2 Å². The zero-order chi connectivity index (χ0) is 13.6. The molecular formula is C12H12F3NO2. The maximum absolute atomic E-state index is 12.7. The van der Waals surface area contributed by atoms with Crippen LogP contribution in [0.2, 0.25) is 0 Å². The Labute approximate surface area is 102 Å². The van der Waals surface area contributed by atoms with E-state index in [4.69, 9.17) is 0 Å². The Morgan fingerprint density at radius 1 is 1.39 bits per heavy atom. The largest absolute Gasteiger partial charge is 0.507 e. The van der Waals surface area contributed by atoms with Crippen molar-refractivity contribution in [3.8, 4) is 5.75 Å². The highest BCUT2D eigenvalue weighted by atomic mass is 19.4. The summed E-state index contributed by atoms with van der Waals surface area (Å²) >= 11 is 0. The first-order valence-electron chi connectivity index (χ1n) is 5.44. The van der Waals surface area contributed by atoms with Gasteiger partial charge in [0.15, 0.2) is 0 Å². The molecule has 18 heavy (non-hydrogen) atoms. The number of halogens is 3. The molecule has 0 saturated heterocycles. The van der Waals surface area contributed by atoms with Gasteiger partial charge >= 0.3 is 6.18 Å². The molecule has 1 aliphatic carbocycles. The van der Waals surface area contributed by atoms with E-state index in [9.17, 15) is 23.1 Å². The number of hydrogen-bond donors (Lipinski definition) is 2. The van der Waals surface area contributed by atoms with Gasteiger partial charge < -0.3 is 10.4 Å². The second kappa shape index (κ2) is 3.90. The Morgan fingerprint density at radius 3 is 2.44 bits per heavy atom. The number of benzene rings is 1. The molecule has 0 bridgehead atoms. The molecule has 2 N–H and O–H groups in total. The van der Waals surface area contributed by atoms with Gasteiger partial charge in [0.25, 0.3) is 5.91 Å². The zero-order valence-electron chi connectivity index (χ0n) is 9.64. The van der Waals surface area contributed by atoms with E-state index in [2.05, 4.69) is 0 Å². The van der Waals surface area contributed by atoms with Crippen LogP contribution in [0.5, 0.6) is 5.75 Å². The summed E-state index contributed by atoms with van der Waals surface area (Å²) in [5, 5.41) is 11.5. The lowest BCUT2D eigenvalue weighted by Gasteiger charge is -2.20. The van der Waals surface area contributed by atoms with E-state index in [-0.39, 0.29) is 24.2 Å². The van der Waals surface area contributed by atoms with E-state index in [1.165, 1.54) is 12.1 Å². The third-order valence-corrected chi connectivity index (χ3v) is 3.04. The van der Waals surface area contributed by atoms with Gasteiger partial charge in [0.2, 0.25) is 0 Å². The monoisotopic (exact) mass is 259 g/mol. The summed E-state index contributed by atoms with van der Waals surface area (Å²) in [4.78, 5) is 11.7. The first-order chi connectivity index (χ1) is 8.25. The molecule has 0 unspecified atom stereocenters. The van der Waals surface area contributed by atoms with Gasteiger partial charge in [-0.2, -0.15) is 13.2 Å². The smallest absolute Gasteiger partial charge is 0.411 e. The first-order valence-corrected chi connectivity index (χ1v) is 5.44. The van der Waals surface area contributed by atoms with Crippen LogP contribution in [0.25, 0.3) is 0 Å². The summed E-state index contributed by atoms with van der Waals surface area (Å²) in [6.45, 7) is 1.71. The summed E-state index contributed by atoms with van der Waals surface area (Å²) in [6.07, 6.45) is -4.69. The fraction of sp³-hybridized carbons (Fsp3) is 0.417. The maximum atomic E-state index is 12.7. The van der Waals surface area contributed by atoms with E-state index in [1.807, 2.05) is 5.32 Å². The zero-order valence-corrected chi connectivity index (χ0v) is 9.64. The van der Waals surface area contributed by atoms with Crippen LogP contribution in [-0.2, 0) is 0 Å². The van der Waals surface area contributed by atoms with E-state index >= 15 is 0 Å². The summed E-state index contributed by atoms with van der Waals surface area (Å²) in [6, 6.07) is 4.20. The number of phenols is 1. The van der Waals surface area contributed by atoms with E-state index in [0.29, 0.717) is 0 Å². The Balaban J connectivity index is 2.19. The fourth-order valence-corrected chi connectivity index (χ4v) is 1.72. The third-order valence-electron chi connectivity index (χ3n) is 3.04. The van der Waals surface area contributed by atoms with Gasteiger partial charge in [0.1, 0.15) is 11.3 Å². The van der Waals surface area contributed by atoms with Gasteiger partial charge in [0.05, 0.1) is 5.56 Å². The molecule has 98 valence electrons. The first kappa shape index (κ1) is 12.7. The molecule has 0 radical (unpaired) electrons. The summed E-state index contributed by atoms with van der Waals surface area (Å²) in [5.41, 5.74) is -1.53. The van der Waals surface area contributed by atoms with E-state index in [1.54, 1.807) is 13.0 Å². The van der Waals surface area contributed by atoms with Gasteiger partial charge in [-0.3, -0.25) is 4.79 Å². The number of amides is 1. The lowest BCUT2D eigenvalue weighted by molar-refractivity contribution is -0.163. The molecule has 1 aromatic carbocycles. The van der Waals surface area contributed by atoms with Crippen LogP contribution < -0.4 is 5.32 Å². The van der Waals surface area contributed by atoms with Gasteiger partial charge in [-0.25, -0.2) is 0 Å². The van der Waals surface area contributed by atoms with Crippen LogP contribution in [0.15, 0.2) is 18.2 Å². The molecule has 1 saturated carbocycles. The molecule has 2 rings (SSSR count). The van der Waals surface area contributed by atoms with Crippen molar-refractivity contribution in [3.63, 3.8) is 0 Å². The normalized spacial score (nSPS) is 17.3. The predicted molar refractivity (Wildman–Crippen MR) is 58.3 cm³/mol. The minimum absolute atomic E-state index is 0.116. The lowest BCUT2D eigenvalue weighted by Crippen LogP contribution is -2.47. The van der Waals surface area contributed by atoms with Crippen molar-refractivity contribution in [2.45, 2.75) is 31.5 Å². The fourth-order valence-electron chi connectivity index (χ4n) is 1.72. The molecule has 0 aliphatic heterocycles. The second-order valence-corrected chi connectivity index (χ2v) is 4.55. The van der Waals surface area contributed by atoms with Crippen molar-refractivity contribution in [3.05, 3.63) is 29.3 Å². The average Bonchev–Trinajstić information content (AvgIpc) is 2.97. The number of aromatic hydroxyl groups is 1. The van der Waals surface area contributed by atoms with Crippen LogP contribution >= 0.6 is 0 Å². The molecule has 1 aromatic rings. The number of nitrogens with one attached hydrogen (secondary N) is 1. The molecule has 1 fully saturated rings. The van der Waals surface area contributed by atoms with Crippen molar-refractivity contribution >= 4 is 5.91 Å². The topological polar surface area (TPSA) is 49.3 Å². The molecule has 1 aliphatic rings. The number of rotatable bonds is 2. The number of aryl methyl sites for hydroxylation is 1. The maximum Gasteiger partial charge on any atom is 0.411 e. The molecule has 0 aromatic heterocycles. The van der Waals surface area contributed by atoms with Crippen molar-refractivity contribution in [2.24, 2.45) is 0 Å². The molecule has 0 heterocycles. The summed E-state index contributed by atoms with van der Waals surface area (Å²) in [7, 11) is 0. The highest BCUT2D eigenvalue weighted by Gasteiger charge is 2.64. The van der Waals surface area contributed by atoms with Gasteiger partial charge in [0, 0.05) is 0 Å². The number of carbonyl (C=O) groups excluding carboxylic acids is 1. The van der Waals surface area contributed by atoms with Crippen molar-refractivity contribution in [1.82, 2.24) is 5.32 Å². The van der Waals surface area contributed by atoms with Crippen LogP contribution in [0.1, 0.15) is 28.8 Å². The van der Waals surface area contributed by atoms with Crippen LogP contribution in [0, 0.1) is 6.92 Å².